The second kappa shape index (κ2) is 9.32. The van der Waals surface area contributed by atoms with E-state index in [1.54, 1.807) is 6.92 Å². The topological polar surface area (TPSA) is 105 Å². The van der Waals surface area contributed by atoms with Gasteiger partial charge in [0.25, 0.3) is 0 Å². The fourth-order valence-electron chi connectivity index (χ4n) is 1.55. The molecule has 0 aromatic heterocycles. The van der Waals surface area contributed by atoms with Gasteiger partial charge in [-0.3, -0.25) is 14.9 Å². The van der Waals surface area contributed by atoms with E-state index in [4.69, 9.17) is 9.84 Å². The zero-order valence-electron chi connectivity index (χ0n) is 11.6. The van der Waals surface area contributed by atoms with Crippen molar-refractivity contribution in [3.63, 3.8) is 0 Å². The normalized spacial score (nSPS) is 13.4. The Bertz CT molecular complexity index is 319. The summed E-state index contributed by atoms with van der Waals surface area (Å²) in [7, 11) is 1.53. The molecule has 0 spiro atoms. The molecular formula is C12H22N2O5. The van der Waals surface area contributed by atoms with Gasteiger partial charge in [0.1, 0.15) is 0 Å². The van der Waals surface area contributed by atoms with E-state index in [0.717, 1.165) is 0 Å². The molecule has 3 amide bonds. The molecule has 0 bridgehead atoms. The molecule has 3 N–H and O–H groups in total. The number of carboxylic acid groups (broad SMARTS) is 1. The molecule has 2 atom stereocenters. The summed E-state index contributed by atoms with van der Waals surface area (Å²) in [6.45, 7) is 3.90. The third kappa shape index (κ3) is 9.01. The lowest BCUT2D eigenvalue weighted by molar-refractivity contribution is -0.138. The van der Waals surface area contributed by atoms with Crippen molar-refractivity contribution in [3.05, 3.63) is 0 Å². The Labute approximate surface area is 112 Å². The summed E-state index contributed by atoms with van der Waals surface area (Å²) in [5.41, 5.74) is 0. The van der Waals surface area contributed by atoms with Gasteiger partial charge in [-0.1, -0.05) is 13.8 Å². The van der Waals surface area contributed by atoms with Gasteiger partial charge in [0.15, 0.2) is 0 Å². The molecule has 19 heavy (non-hydrogen) atoms. The van der Waals surface area contributed by atoms with Gasteiger partial charge in [-0.2, -0.15) is 0 Å². The van der Waals surface area contributed by atoms with E-state index in [0.29, 0.717) is 13.0 Å². The van der Waals surface area contributed by atoms with Crippen LogP contribution in [0.2, 0.25) is 0 Å². The number of nitrogens with one attached hydrogen (secondary N) is 2. The van der Waals surface area contributed by atoms with Crippen LogP contribution in [0.3, 0.4) is 0 Å². The molecule has 0 saturated heterocycles. The van der Waals surface area contributed by atoms with Crippen molar-refractivity contribution in [3.8, 4) is 0 Å². The van der Waals surface area contributed by atoms with Crippen LogP contribution in [0, 0.1) is 5.92 Å². The highest BCUT2D eigenvalue weighted by Crippen LogP contribution is 2.06. The van der Waals surface area contributed by atoms with E-state index in [2.05, 4.69) is 10.6 Å². The SMILES string of the molecule is CCC(COC)NC(=O)NC(=O)CC(C)CC(=O)O. The van der Waals surface area contributed by atoms with Crippen LogP contribution in [0.4, 0.5) is 4.79 Å². The first-order valence-corrected chi connectivity index (χ1v) is 6.20. The third-order valence-electron chi connectivity index (χ3n) is 2.51. The average molecular weight is 274 g/mol. The quantitative estimate of drug-likeness (QED) is 0.605. The molecule has 2 unspecified atom stereocenters. The Balaban J connectivity index is 4.04. The van der Waals surface area contributed by atoms with Gasteiger partial charge in [-0.15, -0.1) is 0 Å². The van der Waals surface area contributed by atoms with Crippen molar-refractivity contribution >= 4 is 17.9 Å². The molecule has 0 heterocycles. The molecule has 0 aromatic carbocycles. The largest absolute Gasteiger partial charge is 0.481 e. The van der Waals surface area contributed by atoms with Gasteiger partial charge in [-0.25, -0.2) is 4.79 Å². The Morgan fingerprint density at radius 1 is 1.26 bits per heavy atom. The van der Waals surface area contributed by atoms with Gasteiger partial charge in [0.2, 0.25) is 5.91 Å². The lowest BCUT2D eigenvalue weighted by Gasteiger charge is -2.16. The molecule has 0 aromatic rings. The first kappa shape index (κ1) is 17.4. The lowest BCUT2D eigenvalue weighted by Crippen LogP contribution is -2.46. The molecule has 0 saturated carbocycles. The van der Waals surface area contributed by atoms with E-state index in [1.807, 2.05) is 6.92 Å². The molecular weight excluding hydrogens is 252 g/mol. The van der Waals surface area contributed by atoms with Crippen LogP contribution in [0.1, 0.15) is 33.1 Å². The number of amides is 3. The first-order chi connectivity index (χ1) is 8.88. The van der Waals surface area contributed by atoms with E-state index in [-0.39, 0.29) is 24.8 Å². The summed E-state index contributed by atoms with van der Waals surface area (Å²) >= 11 is 0. The van der Waals surface area contributed by atoms with Crippen LogP contribution in [0.15, 0.2) is 0 Å². The van der Waals surface area contributed by atoms with Gasteiger partial charge in [0.05, 0.1) is 12.6 Å². The van der Waals surface area contributed by atoms with Gasteiger partial charge < -0.3 is 15.2 Å². The van der Waals surface area contributed by atoms with Crippen molar-refractivity contribution in [2.45, 2.75) is 39.2 Å². The first-order valence-electron chi connectivity index (χ1n) is 6.20. The molecule has 0 radical (unpaired) electrons. The lowest BCUT2D eigenvalue weighted by atomic mass is 10.0. The zero-order valence-corrected chi connectivity index (χ0v) is 11.6. The molecule has 7 heteroatoms. The van der Waals surface area contributed by atoms with Crippen LogP contribution in [-0.2, 0) is 14.3 Å². The summed E-state index contributed by atoms with van der Waals surface area (Å²) in [5.74, 6) is -1.76. The smallest absolute Gasteiger partial charge is 0.321 e. The van der Waals surface area contributed by atoms with Crippen LogP contribution in [-0.4, -0.2) is 42.8 Å². The van der Waals surface area contributed by atoms with Crippen LogP contribution < -0.4 is 10.6 Å². The van der Waals surface area contributed by atoms with Gasteiger partial charge in [-0.05, 0) is 12.3 Å². The number of carboxylic acids is 1. The van der Waals surface area contributed by atoms with Crippen LogP contribution in [0.5, 0.6) is 0 Å². The fraction of sp³-hybridized carbons (Fsp3) is 0.750. The van der Waals surface area contributed by atoms with E-state index < -0.39 is 17.9 Å². The average Bonchev–Trinajstić information content (AvgIpc) is 2.26. The number of methoxy groups -OCH3 is 1. The molecule has 0 aliphatic rings. The number of imide groups is 1. The molecule has 0 aliphatic carbocycles. The maximum Gasteiger partial charge on any atom is 0.321 e. The van der Waals surface area contributed by atoms with E-state index in [9.17, 15) is 14.4 Å². The van der Waals surface area contributed by atoms with Crippen LogP contribution in [0.25, 0.3) is 0 Å². The highest BCUT2D eigenvalue weighted by atomic mass is 16.5. The molecule has 110 valence electrons. The predicted octanol–water partition coefficient (Wildman–Crippen LogP) is 0.738. The van der Waals surface area contributed by atoms with Crippen molar-refractivity contribution in [1.82, 2.24) is 10.6 Å². The monoisotopic (exact) mass is 274 g/mol. The van der Waals surface area contributed by atoms with Crippen molar-refractivity contribution in [2.75, 3.05) is 13.7 Å². The molecule has 7 nitrogen and oxygen atoms in total. The van der Waals surface area contributed by atoms with Crippen molar-refractivity contribution in [1.29, 1.82) is 0 Å². The minimum Gasteiger partial charge on any atom is -0.481 e. The standard InChI is InChI=1S/C12H22N2O5/c1-4-9(7-19-3)13-12(18)14-10(15)5-8(2)6-11(16)17/h8-9H,4-7H2,1-3H3,(H,16,17)(H2,13,14,15,18). The summed E-state index contributed by atoms with van der Waals surface area (Å²) in [5, 5.41) is 13.3. The number of carbonyl (C=O) groups excluding carboxylic acids is 2. The van der Waals surface area contributed by atoms with Crippen molar-refractivity contribution < 1.29 is 24.2 Å². The maximum atomic E-state index is 11.5. The second-order valence-electron chi connectivity index (χ2n) is 4.49. The summed E-state index contributed by atoms with van der Waals surface area (Å²) in [4.78, 5) is 33.4. The maximum absolute atomic E-state index is 11.5. The molecule has 0 fully saturated rings. The number of aliphatic carboxylic acids is 1. The summed E-state index contributed by atoms with van der Waals surface area (Å²) in [6.07, 6.45) is 0.585. The Morgan fingerprint density at radius 3 is 2.37 bits per heavy atom. The Morgan fingerprint density at radius 2 is 1.89 bits per heavy atom. The van der Waals surface area contributed by atoms with Gasteiger partial charge in [0, 0.05) is 20.0 Å². The van der Waals surface area contributed by atoms with Crippen molar-refractivity contribution in [2.24, 2.45) is 5.92 Å². The Hall–Kier alpha value is -1.63. The molecule has 0 rings (SSSR count). The van der Waals surface area contributed by atoms with E-state index in [1.165, 1.54) is 7.11 Å². The second-order valence-corrected chi connectivity index (χ2v) is 4.49. The number of rotatable bonds is 8. The minimum atomic E-state index is -0.962. The third-order valence-corrected chi connectivity index (χ3v) is 2.51. The number of carbonyl (C=O) groups is 3. The number of hydrogen-bond donors (Lipinski definition) is 3. The fourth-order valence-corrected chi connectivity index (χ4v) is 1.55. The number of urea groups is 1. The van der Waals surface area contributed by atoms with Crippen LogP contribution >= 0.6 is 0 Å². The predicted molar refractivity (Wildman–Crippen MR) is 68.7 cm³/mol. The Kier molecular flexibility index (Phi) is 8.52. The summed E-state index contributed by atoms with van der Waals surface area (Å²) in [6, 6.07) is -0.745. The zero-order chi connectivity index (χ0) is 14.8. The number of hydrogen-bond acceptors (Lipinski definition) is 4. The summed E-state index contributed by atoms with van der Waals surface area (Å²) < 4.78 is 4.92. The molecule has 0 aliphatic heterocycles. The highest BCUT2D eigenvalue weighted by Gasteiger charge is 2.16. The number of ether oxygens (including phenoxy) is 1. The van der Waals surface area contributed by atoms with E-state index >= 15 is 0 Å². The highest BCUT2D eigenvalue weighted by molar-refractivity contribution is 5.94. The minimum absolute atomic E-state index is 0.000783. The van der Waals surface area contributed by atoms with Gasteiger partial charge >= 0.3 is 12.0 Å².